The Morgan fingerprint density at radius 2 is 1.39 bits per heavy atom. The van der Waals surface area contributed by atoms with Gasteiger partial charge in [0.1, 0.15) is 17.2 Å². The Labute approximate surface area is 256 Å². The van der Waals surface area contributed by atoms with Crippen molar-refractivity contribution in [2.24, 2.45) is 0 Å². The summed E-state index contributed by atoms with van der Waals surface area (Å²) in [6.07, 6.45) is 2.98. The third kappa shape index (κ3) is 8.24. The van der Waals surface area contributed by atoms with Gasteiger partial charge in [0.25, 0.3) is 0 Å². The van der Waals surface area contributed by atoms with Gasteiger partial charge in [-0.2, -0.15) is 0 Å². The molecule has 0 bridgehead atoms. The van der Waals surface area contributed by atoms with Gasteiger partial charge in [-0.3, -0.25) is 4.79 Å². The van der Waals surface area contributed by atoms with E-state index in [0.717, 1.165) is 24.0 Å². The van der Waals surface area contributed by atoms with Crippen LogP contribution in [0.15, 0.2) is 102 Å². The quantitative estimate of drug-likeness (QED) is 0.180. The molecular weight excluding hydrogens is 580 g/mol. The zero-order valence-corrected chi connectivity index (χ0v) is 25.0. The minimum Gasteiger partial charge on any atom is -0.490 e. The van der Waals surface area contributed by atoms with Crippen LogP contribution in [0.5, 0.6) is 17.2 Å². The van der Waals surface area contributed by atoms with E-state index in [1.54, 1.807) is 66.7 Å². The predicted octanol–water partition coefficient (Wildman–Crippen LogP) is 6.34. The van der Waals surface area contributed by atoms with Crippen molar-refractivity contribution < 1.29 is 32.6 Å². The number of sulfonamides is 1. The van der Waals surface area contributed by atoms with E-state index >= 15 is 0 Å². The second-order valence-electron chi connectivity index (χ2n) is 10.8. The number of rotatable bonds is 11. The van der Waals surface area contributed by atoms with E-state index in [1.807, 2.05) is 31.2 Å². The van der Waals surface area contributed by atoms with Crippen LogP contribution in [0.2, 0.25) is 0 Å². The van der Waals surface area contributed by atoms with Crippen molar-refractivity contribution in [3.8, 4) is 17.2 Å². The summed E-state index contributed by atoms with van der Waals surface area (Å²) < 4.78 is 40.3. The molecule has 0 unspecified atom stereocenters. The molecule has 1 amide bonds. The monoisotopic (exact) mass is 614 g/mol. The number of ether oxygens (including phenoxy) is 2. The van der Waals surface area contributed by atoms with Gasteiger partial charge in [0.05, 0.1) is 28.7 Å². The van der Waals surface area contributed by atoms with Crippen molar-refractivity contribution in [1.29, 1.82) is 0 Å². The molecule has 0 saturated heterocycles. The molecule has 9 nitrogen and oxygen atoms in total. The van der Waals surface area contributed by atoms with Crippen LogP contribution in [0.4, 0.5) is 5.69 Å². The average Bonchev–Trinajstić information content (AvgIpc) is 3.00. The smallest absolute Gasteiger partial charge is 0.337 e. The highest BCUT2D eigenvalue weighted by molar-refractivity contribution is 7.89. The molecule has 1 aliphatic carbocycles. The molecule has 1 aliphatic rings. The number of aryl methyl sites for hydroxylation is 1. The molecule has 5 rings (SSSR count). The van der Waals surface area contributed by atoms with E-state index in [2.05, 4.69) is 10.0 Å². The first-order valence-electron chi connectivity index (χ1n) is 14.4. The summed E-state index contributed by atoms with van der Waals surface area (Å²) in [5.41, 5.74) is 2.06. The maximum absolute atomic E-state index is 12.7. The van der Waals surface area contributed by atoms with E-state index in [9.17, 15) is 23.1 Å². The topological polar surface area (TPSA) is 131 Å². The van der Waals surface area contributed by atoms with Gasteiger partial charge >= 0.3 is 5.97 Å². The number of amides is 1. The Kier molecular flexibility index (Phi) is 9.62. The van der Waals surface area contributed by atoms with E-state index in [-0.39, 0.29) is 40.6 Å². The van der Waals surface area contributed by atoms with Crippen molar-refractivity contribution >= 4 is 27.6 Å². The molecule has 1 fully saturated rings. The van der Waals surface area contributed by atoms with Gasteiger partial charge in [0, 0.05) is 6.04 Å². The number of hydrogen-bond donors (Lipinski definition) is 3. The normalized spacial score (nSPS) is 16.6. The molecule has 0 heterocycles. The lowest BCUT2D eigenvalue weighted by Gasteiger charge is -2.29. The van der Waals surface area contributed by atoms with E-state index in [1.165, 1.54) is 6.07 Å². The summed E-state index contributed by atoms with van der Waals surface area (Å²) in [6.45, 7) is 1.92. The van der Waals surface area contributed by atoms with Gasteiger partial charge in [0.2, 0.25) is 15.9 Å². The minimum atomic E-state index is -3.55. The largest absolute Gasteiger partial charge is 0.490 e. The fourth-order valence-corrected chi connectivity index (χ4v) is 6.36. The molecule has 4 aromatic carbocycles. The highest BCUT2D eigenvalue weighted by Gasteiger charge is 2.26. The lowest BCUT2D eigenvalue weighted by molar-refractivity contribution is -0.115. The standard InChI is InChI=1S/C34H34N2O7S/c1-23-6-20-30(21-7-23)44(40,41)36-25-10-14-27(15-11-25)43-29-18-16-28(17-19-29)42-26-12-8-24(9-13-26)22-33(37)35-32-5-3-2-4-31(32)34(38)39/h2-9,12-13,16-21,25,27,36H,10-11,14-15,22H2,1H3,(H,35,37)(H,38,39). The first kappa shape index (κ1) is 30.8. The number of carboxylic acid groups (broad SMARTS) is 1. The van der Waals surface area contributed by atoms with Gasteiger partial charge in [-0.25, -0.2) is 17.9 Å². The number of carbonyl (C=O) groups is 2. The van der Waals surface area contributed by atoms with Crippen LogP contribution in [0.3, 0.4) is 0 Å². The molecule has 228 valence electrons. The highest BCUT2D eigenvalue weighted by atomic mass is 32.2. The Morgan fingerprint density at radius 3 is 2.02 bits per heavy atom. The Hall–Kier alpha value is -4.67. The number of hydrogen-bond acceptors (Lipinski definition) is 6. The zero-order chi connectivity index (χ0) is 31.1. The molecule has 3 N–H and O–H groups in total. The number of anilines is 1. The Bertz CT molecular complexity index is 1700. The summed E-state index contributed by atoms with van der Waals surface area (Å²) in [5, 5.41) is 12.0. The Morgan fingerprint density at radius 1 is 0.795 bits per heavy atom. The third-order valence-electron chi connectivity index (χ3n) is 7.41. The molecule has 1 saturated carbocycles. The van der Waals surface area contributed by atoms with Crippen LogP contribution in [0, 0.1) is 6.92 Å². The fraction of sp³-hybridized carbons (Fsp3) is 0.235. The maximum atomic E-state index is 12.7. The van der Waals surface area contributed by atoms with Gasteiger partial charge in [-0.1, -0.05) is 42.0 Å². The Balaban J connectivity index is 1.07. The van der Waals surface area contributed by atoms with Gasteiger partial charge in [0.15, 0.2) is 0 Å². The molecule has 10 heteroatoms. The lowest BCUT2D eigenvalue weighted by Crippen LogP contribution is -2.39. The average molecular weight is 615 g/mol. The van der Waals surface area contributed by atoms with E-state index in [4.69, 9.17) is 9.47 Å². The van der Waals surface area contributed by atoms with Crippen LogP contribution in [-0.2, 0) is 21.2 Å². The van der Waals surface area contributed by atoms with Crippen LogP contribution in [0.1, 0.15) is 47.2 Å². The summed E-state index contributed by atoms with van der Waals surface area (Å²) in [7, 11) is -3.55. The van der Waals surface area contributed by atoms with Gasteiger partial charge < -0.3 is 19.9 Å². The molecule has 0 aliphatic heterocycles. The highest BCUT2D eigenvalue weighted by Crippen LogP contribution is 2.28. The van der Waals surface area contributed by atoms with Crippen molar-refractivity contribution in [3.05, 3.63) is 114 Å². The molecule has 4 aromatic rings. The van der Waals surface area contributed by atoms with Crippen LogP contribution >= 0.6 is 0 Å². The molecule has 0 spiro atoms. The number of aromatic carboxylic acids is 1. The molecule has 0 atom stereocenters. The fourth-order valence-electron chi connectivity index (χ4n) is 5.05. The first-order valence-corrected chi connectivity index (χ1v) is 15.9. The second kappa shape index (κ2) is 13.7. The maximum Gasteiger partial charge on any atom is 0.337 e. The summed E-state index contributed by atoms with van der Waals surface area (Å²) in [6, 6.07) is 27.4. The number of carbonyl (C=O) groups excluding carboxylic acids is 1. The van der Waals surface area contributed by atoms with Crippen molar-refractivity contribution in [2.45, 2.75) is 56.1 Å². The molecule has 0 aromatic heterocycles. The first-order chi connectivity index (χ1) is 21.1. The summed E-state index contributed by atoms with van der Waals surface area (Å²) in [5.74, 6) is 0.519. The number of benzene rings is 4. The number of para-hydroxylation sites is 1. The summed E-state index contributed by atoms with van der Waals surface area (Å²) in [4.78, 5) is 24.1. The second-order valence-corrected chi connectivity index (χ2v) is 12.5. The lowest BCUT2D eigenvalue weighted by atomic mass is 9.94. The SMILES string of the molecule is Cc1ccc(S(=O)(=O)NC2CCC(Oc3ccc(Oc4ccc(CC(=O)Nc5ccccc5C(=O)O)cc4)cc3)CC2)cc1. The zero-order valence-electron chi connectivity index (χ0n) is 24.2. The van der Waals surface area contributed by atoms with E-state index in [0.29, 0.717) is 30.1 Å². The van der Waals surface area contributed by atoms with Crippen LogP contribution in [0.25, 0.3) is 0 Å². The summed E-state index contributed by atoms with van der Waals surface area (Å²) >= 11 is 0. The molecule has 44 heavy (non-hydrogen) atoms. The minimum absolute atomic E-state index is 0.00393. The van der Waals surface area contributed by atoms with Crippen molar-refractivity contribution in [2.75, 3.05) is 5.32 Å². The van der Waals surface area contributed by atoms with Crippen LogP contribution < -0.4 is 19.5 Å². The predicted molar refractivity (Wildman–Crippen MR) is 167 cm³/mol. The molecule has 0 radical (unpaired) electrons. The number of nitrogens with one attached hydrogen (secondary N) is 2. The third-order valence-corrected chi connectivity index (χ3v) is 8.95. The van der Waals surface area contributed by atoms with E-state index < -0.39 is 16.0 Å². The molecular formula is C34H34N2O7S. The van der Waals surface area contributed by atoms with Crippen molar-refractivity contribution in [1.82, 2.24) is 4.72 Å². The van der Waals surface area contributed by atoms with Crippen molar-refractivity contribution in [3.63, 3.8) is 0 Å². The van der Waals surface area contributed by atoms with Gasteiger partial charge in [-0.05, 0) is 98.8 Å². The number of carboxylic acids is 1. The van der Waals surface area contributed by atoms with Crippen LogP contribution in [-0.4, -0.2) is 37.5 Å². The van der Waals surface area contributed by atoms with Gasteiger partial charge in [-0.15, -0.1) is 0 Å².